The zero-order chi connectivity index (χ0) is 17.9. The summed E-state index contributed by atoms with van der Waals surface area (Å²) in [6.45, 7) is 4.49. The highest BCUT2D eigenvalue weighted by Crippen LogP contribution is 2.49. The van der Waals surface area contributed by atoms with Gasteiger partial charge in [-0.3, -0.25) is 4.99 Å². The molecule has 132 valence electrons. The van der Waals surface area contributed by atoms with Gasteiger partial charge in [0.25, 0.3) is 0 Å². The summed E-state index contributed by atoms with van der Waals surface area (Å²) in [7, 11) is 0. The van der Waals surface area contributed by atoms with E-state index >= 15 is 0 Å². The van der Waals surface area contributed by atoms with Crippen LogP contribution < -0.4 is 0 Å². The topological polar surface area (TPSA) is 32.6 Å². The van der Waals surface area contributed by atoms with E-state index < -0.39 is 0 Å². The average molecular weight is 356 g/mol. The molecule has 1 N–H and O–H groups in total. The maximum Gasteiger partial charge on any atom is 0.124 e. The molecule has 1 atom stereocenters. The van der Waals surface area contributed by atoms with Crippen molar-refractivity contribution in [1.29, 1.82) is 0 Å². The van der Waals surface area contributed by atoms with Gasteiger partial charge in [-0.1, -0.05) is 56.1 Å². The van der Waals surface area contributed by atoms with Crippen molar-refractivity contribution in [3.05, 3.63) is 64.7 Å². The molecule has 1 saturated carbocycles. The van der Waals surface area contributed by atoms with E-state index in [1.165, 1.54) is 12.0 Å². The molecular weight excluding hydrogens is 330 g/mol. The summed E-state index contributed by atoms with van der Waals surface area (Å²) in [6.07, 6.45) is 6.43. The predicted molar refractivity (Wildman–Crippen MR) is 106 cm³/mol. The van der Waals surface area contributed by atoms with Crippen LogP contribution in [0.4, 0.5) is 0 Å². The molecular formula is C22H26ClNO. The van der Waals surface area contributed by atoms with E-state index in [0.717, 1.165) is 29.8 Å². The Morgan fingerprint density at radius 2 is 1.80 bits per heavy atom. The van der Waals surface area contributed by atoms with Gasteiger partial charge in [-0.25, -0.2) is 0 Å². The highest BCUT2D eigenvalue weighted by Gasteiger charge is 2.45. The van der Waals surface area contributed by atoms with Gasteiger partial charge in [0.1, 0.15) is 5.75 Å². The fraction of sp³-hybridized carbons (Fsp3) is 0.409. The Bertz CT molecular complexity index is 732. The largest absolute Gasteiger partial charge is 0.507 e. The number of para-hydroxylation sites is 1. The summed E-state index contributed by atoms with van der Waals surface area (Å²) in [5.41, 5.74) is 2.21. The number of nitrogens with zero attached hydrogens (tertiary/aromatic N) is 1. The van der Waals surface area contributed by atoms with Gasteiger partial charge in [0.2, 0.25) is 0 Å². The summed E-state index contributed by atoms with van der Waals surface area (Å²) in [5.74, 6) is 0.847. The van der Waals surface area contributed by atoms with Gasteiger partial charge in [-0.2, -0.15) is 0 Å². The number of hydrogen-bond acceptors (Lipinski definition) is 2. The lowest BCUT2D eigenvalue weighted by Crippen LogP contribution is -2.45. The molecule has 25 heavy (non-hydrogen) atoms. The monoisotopic (exact) mass is 355 g/mol. The zero-order valence-corrected chi connectivity index (χ0v) is 15.7. The number of phenols is 1. The van der Waals surface area contributed by atoms with Crippen molar-refractivity contribution < 1.29 is 5.11 Å². The molecule has 1 aliphatic carbocycles. The normalized spacial score (nSPS) is 17.6. The second-order valence-corrected chi connectivity index (χ2v) is 7.94. The van der Waals surface area contributed by atoms with Crippen LogP contribution in [0.2, 0.25) is 5.02 Å². The predicted octanol–water partition coefficient (Wildman–Crippen LogP) is 6.00. The van der Waals surface area contributed by atoms with Gasteiger partial charge in [0.05, 0.1) is 6.04 Å². The second kappa shape index (κ2) is 7.61. The van der Waals surface area contributed by atoms with Crippen molar-refractivity contribution in [2.75, 3.05) is 0 Å². The molecule has 0 bridgehead atoms. The summed E-state index contributed by atoms with van der Waals surface area (Å²) in [5, 5.41) is 10.8. The first-order chi connectivity index (χ1) is 12.0. The summed E-state index contributed by atoms with van der Waals surface area (Å²) < 4.78 is 0. The van der Waals surface area contributed by atoms with Crippen LogP contribution in [0.25, 0.3) is 0 Å². The highest BCUT2D eigenvalue weighted by atomic mass is 35.5. The fourth-order valence-corrected chi connectivity index (χ4v) is 3.92. The number of hydrogen-bond donors (Lipinski definition) is 1. The molecule has 3 rings (SSSR count). The van der Waals surface area contributed by atoms with Gasteiger partial charge in [0, 0.05) is 22.2 Å². The summed E-state index contributed by atoms with van der Waals surface area (Å²) >= 11 is 6.09. The first-order valence-corrected chi connectivity index (χ1v) is 9.46. The highest BCUT2D eigenvalue weighted by molar-refractivity contribution is 6.30. The molecule has 2 aromatic carbocycles. The third-order valence-electron chi connectivity index (χ3n) is 5.33. The van der Waals surface area contributed by atoms with E-state index in [0.29, 0.717) is 5.92 Å². The van der Waals surface area contributed by atoms with Crippen LogP contribution in [0.15, 0.2) is 53.5 Å². The van der Waals surface area contributed by atoms with Crippen molar-refractivity contribution in [3.8, 4) is 5.75 Å². The molecule has 2 aromatic rings. The van der Waals surface area contributed by atoms with Crippen LogP contribution in [-0.4, -0.2) is 17.4 Å². The van der Waals surface area contributed by atoms with E-state index in [1.54, 1.807) is 6.07 Å². The van der Waals surface area contributed by atoms with Crippen LogP contribution in [0, 0.1) is 5.92 Å². The standard InChI is InChI=1S/C22H26ClNO/c1-16(2)14-21(24-15-17-6-3-4-7-20(17)25)22(12-5-13-22)18-8-10-19(23)11-9-18/h3-4,6-11,15-16,21,25H,5,12-14H2,1-2H3. The minimum absolute atomic E-state index is 0.0930. The van der Waals surface area contributed by atoms with Crippen LogP contribution >= 0.6 is 11.6 Å². The molecule has 0 aromatic heterocycles. The molecule has 1 unspecified atom stereocenters. The number of benzene rings is 2. The lowest BCUT2D eigenvalue weighted by Gasteiger charge is -2.47. The van der Waals surface area contributed by atoms with Crippen molar-refractivity contribution in [2.45, 2.75) is 51.0 Å². The van der Waals surface area contributed by atoms with Crippen LogP contribution in [0.1, 0.15) is 50.7 Å². The first kappa shape index (κ1) is 18.0. The van der Waals surface area contributed by atoms with Crippen LogP contribution in [-0.2, 0) is 5.41 Å². The van der Waals surface area contributed by atoms with Crippen LogP contribution in [0.3, 0.4) is 0 Å². The van der Waals surface area contributed by atoms with Crippen molar-refractivity contribution >= 4 is 17.8 Å². The van der Waals surface area contributed by atoms with Gasteiger partial charge in [-0.05, 0) is 55.0 Å². The first-order valence-electron chi connectivity index (χ1n) is 9.08. The molecule has 0 saturated heterocycles. The summed E-state index contributed by atoms with van der Waals surface area (Å²) in [4.78, 5) is 4.97. The van der Waals surface area contributed by atoms with Crippen molar-refractivity contribution in [2.24, 2.45) is 10.9 Å². The molecule has 0 spiro atoms. The molecule has 0 amide bonds. The third-order valence-corrected chi connectivity index (χ3v) is 5.58. The lowest BCUT2D eigenvalue weighted by atomic mass is 9.59. The van der Waals surface area contributed by atoms with Gasteiger partial charge >= 0.3 is 0 Å². The third kappa shape index (κ3) is 3.90. The number of aromatic hydroxyl groups is 1. The lowest BCUT2D eigenvalue weighted by molar-refractivity contribution is 0.180. The second-order valence-electron chi connectivity index (χ2n) is 7.50. The molecule has 0 radical (unpaired) electrons. The van der Waals surface area contributed by atoms with Crippen LogP contribution in [0.5, 0.6) is 5.75 Å². The quantitative estimate of drug-likeness (QED) is 0.633. The van der Waals surface area contributed by atoms with Gasteiger partial charge in [-0.15, -0.1) is 0 Å². The van der Waals surface area contributed by atoms with Crippen molar-refractivity contribution in [3.63, 3.8) is 0 Å². The van der Waals surface area contributed by atoms with Gasteiger partial charge in [0.15, 0.2) is 0 Å². The molecule has 0 aliphatic heterocycles. The minimum Gasteiger partial charge on any atom is -0.507 e. The molecule has 2 nitrogen and oxygen atoms in total. The maximum atomic E-state index is 10.0. The Morgan fingerprint density at radius 3 is 2.36 bits per heavy atom. The van der Waals surface area contributed by atoms with Gasteiger partial charge < -0.3 is 5.11 Å². The number of aliphatic imine (C=N–C) groups is 1. The number of phenolic OH excluding ortho intramolecular Hbond substituents is 1. The Hall–Kier alpha value is -1.80. The smallest absolute Gasteiger partial charge is 0.124 e. The van der Waals surface area contributed by atoms with Crippen molar-refractivity contribution in [1.82, 2.24) is 0 Å². The van der Waals surface area contributed by atoms with E-state index in [9.17, 15) is 5.11 Å². The molecule has 1 aliphatic rings. The molecule has 1 fully saturated rings. The van der Waals surface area contributed by atoms with E-state index in [1.807, 2.05) is 36.5 Å². The number of rotatable bonds is 6. The minimum atomic E-state index is 0.0930. The molecule has 3 heteroatoms. The number of halogens is 1. The van der Waals surface area contributed by atoms with E-state index in [2.05, 4.69) is 26.0 Å². The molecule has 0 heterocycles. The Kier molecular flexibility index (Phi) is 5.48. The van der Waals surface area contributed by atoms with E-state index in [-0.39, 0.29) is 17.2 Å². The van der Waals surface area contributed by atoms with E-state index in [4.69, 9.17) is 16.6 Å². The summed E-state index contributed by atoms with van der Waals surface area (Å²) in [6, 6.07) is 15.9. The Balaban J connectivity index is 1.93. The SMILES string of the molecule is CC(C)CC(N=Cc1ccccc1O)C1(c2ccc(Cl)cc2)CCC1. The maximum absolute atomic E-state index is 10.0. The Morgan fingerprint density at radius 1 is 1.12 bits per heavy atom. The average Bonchev–Trinajstić information content (AvgIpc) is 2.54. The fourth-order valence-electron chi connectivity index (χ4n) is 3.80. The Labute approximate surface area is 155 Å². The zero-order valence-electron chi connectivity index (χ0n) is 15.0.